The summed E-state index contributed by atoms with van der Waals surface area (Å²) in [7, 11) is 0. The molecule has 0 aliphatic heterocycles. The van der Waals surface area contributed by atoms with E-state index in [2.05, 4.69) is 0 Å². The van der Waals surface area contributed by atoms with Crippen LogP contribution < -0.4 is 34.7 Å². The quantitative estimate of drug-likeness (QED) is 0.386. The maximum Gasteiger partial charge on any atom is 1.00 e. The second-order valence-corrected chi connectivity index (χ2v) is 2.52. The molecule has 0 aromatic rings. The van der Waals surface area contributed by atoms with Crippen LogP contribution in [0, 0.1) is 5.41 Å². The van der Waals surface area contributed by atoms with Gasteiger partial charge in [-0.1, -0.05) is 20.8 Å². The van der Waals surface area contributed by atoms with Crippen LogP contribution in [0.3, 0.4) is 0 Å². The zero-order valence-electron chi connectivity index (χ0n) is 6.52. The van der Waals surface area contributed by atoms with E-state index in [1.165, 1.54) is 0 Å². The van der Waals surface area contributed by atoms with Crippen LogP contribution >= 0.6 is 0 Å². The standard InChI is InChI=1S/C6H12O2.Na/c1-4-6(2,3)5(7)8;/h4H2,1-3H3,(H,7,8);/q;+1/p-1. The van der Waals surface area contributed by atoms with Gasteiger partial charge in [0.25, 0.3) is 0 Å². The maximum atomic E-state index is 10.1. The molecule has 0 N–H and O–H groups in total. The van der Waals surface area contributed by atoms with Crippen LogP contribution in [0.1, 0.15) is 27.2 Å². The summed E-state index contributed by atoms with van der Waals surface area (Å²) in [6.07, 6.45) is 0.620. The molecule has 0 atom stereocenters. The van der Waals surface area contributed by atoms with Crippen molar-refractivity contribution in [3.63, 3.8) is 0 Å². The van der Waals surface area contributed by atoms with Gasteiger partial charge in [-0.15, -0.1) is 0 Å². The fraction of sp³-hybridized carbons (Fsp3) is 0.833. The molecule has 0 bridgehead atoms. The predicted octanol–water partition coefficient (Wildman–Crippen LogP) is -2.82. The molecular formula is C6H11NaO2. The van der Waals surface area contributed by atoms with Crippen molar-refractivity contribution in [1.82, 2.24) is 0 Å². The fourth-order valence-corrected chi connectivity index (χ4v) is 0.144. The molecule has 0 heterocycles. The fourth-order valence-electron chi connectivity index (χ4n) is 0.144. The first-order valence-electron chi connectivity index (χ1n) is 2.72. The van der Waals surface area contributed by atoms with Crippen LogP contribution in [0.4, 0.5) is 0 Å². The summed E-state index contributed by atoms with van der Waals surface area (Å²) in [6, 6.07) is 0. The summed E-state index contributed by atoms with van der Waals surface area (Å²) in [5.74, 6) is -0.972. The smallest absolute Gasteiger partial charge is 0.550 e. The van der Waals surface area contributed by atoms with Crippen LogP contribution in [-0.4, -0.2) is 5.97 Å². The van der Waals surface area contributed by atoms with E-state index >= 15 is 0 Å². The minimum absolute atomic E-state index is 0. The average molecular weight is 138 g/mol. The number of carbonyl (C=O) groups is 1. The molecule has 0 spiro atoms. The SMILES string of the molecule is CCC(C)(C)C(=O)[O-].[Na+]. The van der Waals surface area contributed by atoms with Crippen molar-refractivity contribution < 1.29 is 39.5 Å². The number of carboxylic acid groups (broad SMARTS) is 1. The first kappa shape index (κ1) is 12.2. The Hall–Kier alpha value is 0.470. The van der Waals surface area contributed by atoms with Gasteiger partial charge in [-0.3, -0.25) is 0 Å². The minimum atomic E-state index is -0.972. The Morgan fingerprint density at radius 3 is 1.89 bits per heavy atom. The molecule has 0 saturated carbocycles. The third-order valence-corrected chi connectivity index (χ3v) is 1.44. The van der Waals surface area contributed by atoms with Crippen LogP contribution in [0.2, 0.25) is 0 Å². The Labute approximate surface area is 77.9 Å². The molecule has 0 unspecified atom stereocenters. The van der Waals surface area contributed by atoms with Crippen LogP contribution in [0.15, 0.2) is 0 Å². The van der Waals surface area contributed by atoms with E-state index in [1.54, 1.807) is 13.8 Å². The molecule has 0 aromatic carbocycles. The van der Waals surface area contributed by atoms with Crippen molar-refractivity contribution in [2.75, 3.05) is 0 Å². The number of hydrogen-bond acceptors (Lipinski definition) is 2. The summed E-state index contributed by atoms with van der Waals surface area (Å²) in [4.78, 5) is 10.1. The van der Waals surface area contributed by atoms with E-state index in [0.29, 0.717) is 6.42 Å². The van der Waals surface area contributed by atoms with E-state index < -0.39 is 11.4 Å². The summed E-state index contributed by atoms with van der Waals surface area (Å²) < 4.78 is 0. The van der Waals surface area contributed by atoms with Gasteiger partial charge in [0.15, 0.2) is 0 Å². The van der Waals surface area contributed by atoms with Gasteiger partial charge in [0.1, 0.15) is 0 Å². The molecule has 0 radical (unpaired) electrons. The topological polar surface area (TPSA) is 40.1 Å². The minimum Gasteiger partial charge on any atom is -0.550 e. The van der Waals surface area contributed by atoms with Crippen molar-refractivity contribution in [3.8, 4) is 0 Å². The Kier molecular flexibility index (Phi) is 5.83. The molecule has 0 aliphatic carbocycles. The third-order valence-electron chi connectivity index (χ3n) is 1.44. The van der Waals surface area contributed by atoms with Crippen molar-refractivity contribution in [2.24, 2.45) is 5.41 Å². The summed E-state index contributed by atoms with van der Waals surface area (Å²) >= 11 is 0. The second-order valence-electron chi connectivity index (χ2n) is 2.52. The molecule has 0 rings (SSSR count). The van der Waals surface area contributed by atoms with Crippen molar-refractivity contribution in [3.05, 3.63) is 0 Å². The Balaban J connectivity index is 0. The normalized spacial score (nSPS) is 10.1. The van der Waals surface area contributed by atoms with Gasteiger partial charge in [0.05, 0.1) is 0 Å². The van der Waals surface area contributed by atoms with Crippen LogP contribution in [-0.2, 0) is 4.79 Å². The van der Waals surface area contributed by atoms with Crippen LogP contribution in [0.5, 0.6) is 0 Å². The molecule has 0 aliphatic rings. The largest absolute Gasteiger partial charge is 1.00 e. The first-order chi connectivity index (χ1) is 3.50. The number of carbonyl (C=O) groups excluding carboxylic acids is 1. The van der Waals surface area contributed by atoms with Gasteiger partial charge < -0.3 is 9.90 Å². The monoisotopic (exact) mass is 138 g/mol. The number of carboxylic acids is 1. The van der Waals surface area contributed by atoms with Crippen molar-refractivity contribution >= 4 is 5.97 Å². The van der Waals surface area contributed by atoms with Gasteiger partial charge in [0.2, 0.25) is 0 Å². The van der Waals surface area contributed by atoms with Crippen molar-refractivity contribution in [2.45, 2.75) is 27.2 Å². The molecule has 48 valence electrons. The van der Waals surface area contributed by atoms with Gasteiger partial charge in [-0.2, -0.15) is 0 Å². The molecule has 0 aromatic heterocycles. The summed E-state index contributed by atoms with van der Waals surface area (Å²) in [5, 5.41) is 10.1. The van der Waals surface area contributed by atoms with Gasteiger partial charge in [-0.05, 0) is 6.42 Å². The molecule has 2 nitrogen and oxygen atoms in total. The van der Waals surface area contributed by atoms with E-state index in [0.717, 1.165) is 0 Å². The number of hydrogen-bond donors (Lipinski definition) is 0. The zero-order valence-corrected chi connectivity index (χ0v) is 8.52. The van der Waals surface area contributed by atoms with Gasteiger partial charge in [0, 0.05) is 11.4 Å². The summed E-state index contributed by atoms with van der Waals surface area (Å²) in [5.41, 5.74) is -0.653. The third kappa shape index (κ3) is 3.95. The van der Waals surface area contributed by atoms with E-state index in [9.17, 15) is 9.90 Å². The van der Waals surface area contributed by atoms with E-state index in [-0.39, 0.29) is 29.6 Å². The Bertz CT molecular complexity index is 99.2. The molecular weight excluding hydrogens is 127 g/mol. The van der Waals surface area contributed by atoms with Crippen LogP contribution in [0.25, 0.3) is 0 Å². The van der Waals surface area contributed by atoms with E-state index in [1.807, 2.05) is 6.92 Å². The second kappa shape index (κ2) is 4.31. The molecule has 0 amide bonds. The van der Waals surface area contributed by atoms with E-state index in [4.69, 9.17) is 0 Å². The molecule has 3 heteroatoms. The zero-order chi connectivity index (χ0) is 6.78. The number of aliphatic carboxylic acids is 1. The molecule has 0 fully saturated rings. The Morgan fingerprint density at radius 1 is 1.56 bits per heavy atom. The maximum absolute atomic E-state index is 10.1. The molecule has 9 heavy (non-hydrogen) atoms. The number of rotatable bonds is 2. The predicted molar refractivity (Wildman–Crippen MR) is 29.1 cm³/mol. The first-order valence-corrected chi connectivity index (χ1v) is 2.72. The van der Waals surface area contributed by atoms with Crippen molar-refractivity contribution in [1.29, 1.82) is 0 Å². The Morgan fingerprint density at radius 2 is 1.89 bits per heavy atom. The van der Waals surface area contributed by atoms with Gasteiger partial charge in [-0.25, -0.2) is 0 Å². The average Bonchev–Trinajstić information content (AvgIpc) is 1.67. The summed E-state index contributed by atoms with van der Waals surface area (Å²) in [6.45, 7) is 5.14. The molecule has 0 saturated heterocycles. The van der Waals surface area contributed by atoms with Gasteiger partial charge >= 0.3 is 29.6 Å².